The molecule has 0 spiro atoms. The average molecular weight is 145 g/mol. The Bertz CT molecular complexity index is 123. The number of allylic oxidation sites excluding steroid dienone is 3. The first-order chi connectivity index (χ1) is 4.18. The monoisotopic (exact) mass is 144 g/mol. The highest BCUT2D eigenvalue weighted by atomic mass is 35.5. The first-order valence-electron chi connectivity index (χ1n) is 3.20. The zero-order chi connectivity index (χ0) is 7.28. The summed E-state index contributed by atoms with van der Waals surface area (Å²) in [4.78, 5) is 0. The first-order valence-corrected chi connectivity index (χ1v) is 3.57. The second kappa shape index (κ2) is 4.63. The van der Waals surface area contributed by atoms with Gasteiger partial charge >= 0.3 is 0 Å². The van der Waals surface area contributed by atoms with Crippen molar-refractivity contribution in [3.05, 3.63) is 23.3 Å². The van der Waals surface area contributed by atoms with Crippen molar-refractivity contribution in [3.8, 4) is 0 Å². The standard InChI is InChI=1S/C8H13Cl/c1-4-5-6-8(9)7(2)3/h6H,2,4-5H2,1,3H3/b8-6+. The third-order valence-corrected chi connectivity index (χ3v) is 1.50. The Labute approximate surface area is 62.2 Å². The van der Waals surface area contributed by atoms with E-state index in [1.165, 1.54) is 0 Å². The molecule has 0 aliphatic carbocycles. The van der Waals surface area contributed by atoms with Crippen LogP contribution in [0, 0.1) is 0 Å². The highest BCUT2D eigenvalue weighted by Crippen LogP contribution is 2.12. The van der Waals surface area contributed by atoms with Gasteiger partial charge in [-0.15, -0.1) is 0 Å². The van der Waals surface area contributed by atoms with Gasteiger partial charge in [0.25, 0.3) is 0 Å². The molecule has 1 heteroatoms. The van der Waals surface area contributed by atoms with Crippen LogP contribution >= 0.6 is 11.6 Å². The molecular formula is C8H13Cl. The van der Waals surface area contributed by atoms with Gasteiger partial charge in [-0.25, -0.2) is 0 Å². The Hall–Kier alpha value is -0.230. The summed E-state index contributed by atoms with van der Waals surface area (Å²) in [6.45, 7) is 7.74. The SMILES string of the molecule is C=C(C)/C(Cl)=C\CCC. The van der Waals surface area contributed by atoms with E-state index in [4.69, 9.17) is 11.6 Å². The molecule has 0 saturated carbocycles. The summed E-state index contributed by atoms with van der Waals surface area (Å²) >= 11 is 5.76. The molecule has 9 heavy (non-hydrogen) atoms. The maximum absolute atomic E-state index is 5.76. The number of hydrogen-bond acceptors (Lipinski definition) is 0. The zero-order valence-corrected chi connectivity index (χ0v) is 6.83. The zero-order valence-electron chi connectivity index (χ0n) is 6.08. The Morgan fingerprint density at radius 3 is 2.56 bits per heavy atom. The van der Waals surface area contributed by atoms with Crippen molar-refractivity contribution in [3.63, 3.8) is 0 Å². The van der Waals surface area contributed by atoms with Crippen molar-refractivity contribution in [2.45, 2.75) is 26.7 Å². The lowest BCUT2D eigenvalue weighted by Crippen LogP contribution is -1.72. The summed E-state index contributed by atoms with van der Waals surface area (Å²) in [6, 6.07) is 0. The molecular weight excluding hydrogens is 132 g/mol. The van der Waals surface area contributed by atoms with Crippen LogP contribution in [0.15, 0.2) is 23.3 Å². The van der Waals surface area contributed by atoms with Crippen LogP contribution in [-0.4, -0.2) is 0 Å². The van der Waals surface area contributed by atoms with E-state index in [0.29, 0.717) is 0 Å². The molecule has 0 aromatic rings. The molecule has 0 amide bonds. The number of halogens is 1. The fourth-order valence-electron chi connectivity index (χ4n) is 0.445. The second-order valence-electron chi connectivity index (χ2n) is 2.12. The van der Waals surface area contributed by atoms with Gasteiger partial charge in [0.15, 0.2) is 0 Å². The average Bonchev–Trinajstić information content (AvgIpc) is 1.82. The van der Waals surface area contributed by atoms with Crippen LogP contribution in [0.2, 0.25) is 0 Å². The molecule has 0 fully saturated rings. The number of rotatable bonds is 3. The summed E-state index contributed by atoms with van der Waals surface area (Å²) in [5.41, 5.74) is 0.949. The molecule has 0 aliphatic rings. The van der Waals surface area contributed by atoms with E-state index in [9.17, 15) is 0 Å². The van der Waals surface area contributed by atoms with Gasteiger partial charge in [-0.2, -0.15) is 0 Å². The van der Waals surface area contributed by atoms with E-state index in [0.717, 1.165) is 23.4 Å². The van der Waals surface area contributed by atoms with E-state index in [2.05, 4.69) is 13.5 Å². The summed E-state index contributed by atoms with van der Waals surface area (Å²) in [7, 11) is 0. The molecule has 0 saturated heterocycles. The number of unbranched alkanes of at least 4 members (excludes halogenated alkanes) is 1. The molecule has 0 aliphatic heterocycles. The van der Waals surface area contributed by atoms with Crippen LogP contribution in [0.1, 0.15) is 26.7 Å². The van der Waals surface area contributed by atoms with Crippen LogP contribution < -0.4 is 0 Å². The van der Waals surface area contributed by atoms with Gasteiger partial charge < -0.3 is 0 Å². The maximum Gasteiger partial charge on any atom is 0.0389 e. The van der Waals surface area contributed by atoms with Gasteiger partial charge in [0.1, 0.15) is 0 Å². The minimum atomic E-state index is 0.803. The lowest BCUT2D eigenvalue weighted by Gasteiger charge is -1.93. The van der Waals surface area contributed by atoms with Crippen LogP contribution in [0.5, 0.6) is 0 Å². The number of hydrogen-bond donors (Lipinski definition) is 0. The van der Waals surface area contributed by atoms with Crippen LogP contribution in [0.25, 0.3) is 0 Å². The Balaban J connectivity index is 3.69. The third kappa shape index (κ3) is 4.28. The van der Waals surface area contributed by atoms with Gasteiger partial charge in [0.05, 0.1) is 0 Å². The van der Waals surface area contributed by atoms with E-state index in [1.54, 1.807) is 0 Å². The van der Waals surface area contributed by atoms with E-state index in [1.807, 2.05) is 13.0 Å². The highest BCUT2D eigenvalue weighted by molar-refractivity contribution is 6.31. The predicted molar refractivity (Wildman–Crippen MR) is 43.7 cm³/mol. The lowest BCUT2D eigenvalue weighted by molar-refractivity contribution is 0.956. The quantitative estimate of drug-likeness (QED) is 0.532. The lowest BCUT2D eigenvalue weighted by atomic mass is 10.2. The van der Waals surface area contributed by atoms with Gasteiger partial charge in [0, 0.05) is 5.03 Å². The summed E-state index contributed by atoms with van der Waals surface area (Å²) in [5.74, 6) is 0. The predicted octanol–water partition coefficient (Wildman–Crippen LogP) is 3.49. The second-order valence-corrected chi connectivity index (χ2v) is 2.53. The molecule has 0 radical (unpaired) electrons. The Morgan fingerprint density at radius 1 is 1.67 bits per heavy atom. The topological polar surface area (TPSA) is 0 Å². The molecule has 0 bridgehead atoms. The Morgan fingerprint density at radius 2 is 2.22 bits per heavy atom. The van der Waals surface area contributed by atoms with Gasteiger partial charge in [-0.1, -0.05) is 37.6 Å². The van der Waals surface area contributed by atoms with E-state index >= 15 is 0 Å². The van der Waals surface area contributed by atoms with E-state index < -0.39 is 0 Å². The summed E-state index contributed by atoms with van der Waals surface area (Å²) in [5, 5.41) is 0.803. The van der Waals surface area contributed by atoms with Crippen LogP contribution in [-0.2, 0) is 0 Å². The largest absolute Gasteiger partial charge is 0.0946 e. The fourth-order valence-corrected chi connectivity index (χ4v) is 0.554. The van der Waals surface area contributed by atoms with Gasteiger partial charge in [0.2, 0.25) is 0 Å². The summed E-state index contributed by atoms with van der Waals surface area (Å²) < 4.78 is 0. The molecule has 0 rings (SSSR count). The highest BCUT2D eigenvalue weighted by Gasteiger charge is 1.88. The maximum atomic E-state index is 5.76. The smallest absolute Gasteiger partial charge is 0.0389 e. The summed E-state index contributed by atoms with van der Waals surface area (Å²) in [6.07, 6.45) is 4.19. The van der Waals surface area contributed by atoms with Crippen molar-refractivity contribution in [1.82, 2.24) is 0 Å². The molecule has 0 nitrogen and oxygen atoms in total. The van der Waals surface area contributed by atoms with Gasteiger partial charge in [-0.3, -0.25) is 0 Å². The van der Waals surface area contributed by atoms with Gasteiger partial charge in [-0.05, 0) is 18.9 Å². The molecule has 0 heterocycles. The molecule has 0 aromatic heterocycles. The normalized spacial score (nSPS) is 11.7. The molecule has 0 unspecified atom stereocenters. The van der Waals surface area contributed by atoms with Crippen molar-refractivity contribution >= 4 is 11.6 Å². The molecule has 52 valence electrons. The van der Waals surface area contributed by atoms with Crippen molar-refractivity contribution < 1.29 is 0 Å². The van der Waals surface area contributed by atoms with Crippen molar-refractivity contribution in [2.75, 3.05) is 0 Å². The first kappa shape index (κ1) is 8.77. The molecule has 0 atom stereocenters. The molecule has 0 aromatic carbocycles. The minimum Gasteiger partial charge on any atom is -0.0946 e. The van der Waals surface area contributed by atoms with Crippen LogP contribution in [0.4, 0.5) is 0 Å². The Kier molecular flexibility index (Phi) is 4.51. The molecule has 0 N–H and O–H groups in total. The fraction of sp³-hybridized carbons (Fsp3) is 0.500. The van der Waals surface area contributed by atoms with E-state index in [-0.39, 0.29) is 0 Å². The van der Waals surface area contributed by atoms with Crippen molar-refractivity contribution in [2.24, 2.45) is 0 Å². The van der Waals surface area contributed by atoms with Crippen LogP contribution in [0.3, 0.4) is 0 Å². The minimum absolute atomic E-state index is 0.803. The van der Waals surface area contributed by atoms with Crippen molar-refractivity contribution in [1.29, 1.82) is 0 Å². The third-order valence-electron chi connectivity index (χ3n) is 1.02.